The molecule has 2 aromatic carbocycles. The Labute approximate surface area is 166 Å². The van der Waals surface area contributed by atoms with Crippen LogP contribution in [0.3, 0.4) is 0 Å². The molecule has 2 N–H and O–H groups in total. The van der Waals surface area contributed by atoms with E-state index < -0.39 is 0 Å². The molecule has 1 aliphatic carbocycles. The van der Waals surface area contributed by atoms with Crippen LogP contribution in [0.2, 0.25) is 0 Å². The van der Waals surface area contributed by atoms with Gasteiger partial charge in [0.05, 0.1) is 5.71 Å². The molecule has 0 saturated heterocycles. The van der Waals surface area contributed by atoms with Gasteiger partial charge in [-0.3, -0.25) is 4.79 Å². The Kier molecular flexibility index (Phi) is 5.03. The molecule has 0 unspecified atom stereocenters. The molecule has 4 heteroatoms. The second kappa shape index (κ2) is 7.63. The minimum Gasteiger partial charge on any atom is -0.359 e. The number of hydrazone groups is 1. The van der Waals surface area contributed by atoms with E-state index in [1.165, 1.54) is 5.56 Å². The summed E-state index contributed by atoms with van der Waals surface area (Å²) in [4.78, 5) is 12.6. The number of carbonyl (C=O) groups excluding carboxylic acids is 1. The van der Waals surface area contributed by atoms with E-state index in [-0.39, 0.29) is 11.2 Å². The summed E-state index contributed by atoms with van der Waals surface area (Å²) in [6.45, 7) is 5.26. The van der Waals surface area contributed by atoms with Gasteiger partial charge in [0.1, 0.15) is 0 Å². The number of rotatable bonds is 5. The van der Waals surface area contributed by atoms with Gasteiger partial charge >= 0.3 is 0 Å². The highest BCUT2D eigenvalue weighted by Gasteiger charge is 2.30. The molecule has 0 saturated carbocycles. The summed E-state index contributed by atoms with van der Waals surface area (Å²) in [6, 6.07) is 18.6. The van der Waals surface area contributed by atoms with Crippen LogP contribution in [0.25, 0.3) is 0 Å². The number of hydrogen-bond acceptors (Lipinski definition) is 4. The maximum absolute atomic E-state index is 12.6. The number of Topliss-reactive ketones (excluding diaryl/α,β-unsaturated/α-hetero) is 1. The van der Waals surface area contributed by atoms with Crippen molar-refractivity contribution in [2.75, 3.05) is 11.9 Å². The number of benzene rings is 2. The quantitative estimate of drug-likeness (QED) is 0.800. The number of hydrogen-bond donors (Lipinski definition) is 2. The Bertz CT molecular complexity index is 924. The summed E-state index contributed by atoms with van der Waals surface area (Å²) in [6.07, 6.45) is 3.17. The van der Waals surface area contributed by atoms with E-state index in [1.54, 1.807) is 0 Å². The van der Waals surface area contributed by atoms with E-state index in [1.807, 2.05) is 18.2 Å². The van der Waals surface area contributed by atoms with Crippen molar-refractivity contribution in [3.63, 3.8) is 0 Å². The van der Waals surface area contributed by atoms with Crippen LogP contribution in [0, 0.1) is 5.41 Å². The summed E-state index contributed by atoms with van der Waals surface area (Å²) >= 11 is 0. The first-order valence-electron chi connectivity index (χ1n) is 10.0. The molecule has 2 aliphatic rings. The minimum atomic E-state index is 0.0378. The highest BCUT2D eigenvalue weighted by atomic mass is 16.1. The number of allylic oxidation sites excluding steroid dienone is 2. The van der Waals surface area contributed by atoms with Gasteiger partial charge in [0.2, 0.25) is 0 Å². The average Bonchev–Trinajstić information content (AvgIpc) is 3.05. The fraction of sp³-hybridized carbons (Fsp3) is 0.333. The highest BCUT2D eigenvalue weighted by Crippen LogP contribution is 2.29. The third kappa shape index (κ3) is 3.86. The monoisotopic (exact) mass is 373 g/mol. The lowest BCUT2D eigenvalue weighted by molar-refractivity contribution is -0.116. The Hall–Kier alpha value is -2.88. The molecule has 4 nitrogen and oxygen atoms in total. The maximum Gasteiger partial charge on any atom is 0.160 e. The standard InChI is InChI=1S/C24H27N3O/c1-24(2)16-25-27-23(24)18-11-13-19(14-12-18)26-21-9-6-10-22(28)20(21)15-17-7-4-3-5-8-17/h3-5,7-8,11-14,25-26H,6,9-10,15-16H2,1-2H3. The van der Waals surface area contributed by atoms with Gasteiger partial charge in [-0.1, -0.05) is 56.3 Å². The molecule has 0 atom stereocenters. The van der Waals surface area contributed by atoms with Crippen molar-refractivity contribution in [3.8, 4) is 0 Å². The molecular formula is C24H27N3O. The van der Waals surface area contributed by atoms with Gasteiger partial charge in [-0.25, -0.2) is 0 Å². The van der Waals surface area contributed by atoms with Crippen molar-refractivity contribution >= 4 is 17.2 Å². The lowest BCUT2D eigenvalue weighted by atomic mass is 9.84. The molecule has 0 fully saturated rings. The van der Waals surface area contributed by atoms with Crippen LogP contribution in [-0.2, 0) is 11.2 Å². The van der Waals surface area contributed by atoms with Crippen molar-refractivity contribution in [3.05, 3.63) is 77.0 Å². The van der Waals surface area contributed by atoms with Crippen molar-refractivity contribution in [1.82, 2.24) is 5.43 Å². The second-order valence-electron chi connectivity index (χ2n) is 8.28. The first kappa shape index (κ1) is 18.5. The van der Waals surface area contributed by atoms with Crippen LogP contribution >= 0.6 is 0 Å². The van der Waals surface area contributed by atoms with Gasteiger partial charge in [-0.2, -0.15) is 5.10 Å². The van der Waals surface area contributed by atoms with Crippen molar-refractivity contribution < 1.29 is 4.79 Å². The fourth-order valence-corrected chi connectivity index (χ4v) is 3.93. The molecule has 0 amide bonds. The first-order valence-corrected chi connectivity index (χ1v) is 10.0. The van der Waals surface area contributed by atoms with E-state index in [0.29, 0.717) is 12.8 Å². The Morgan fingerprint density at radius 1 is 1.04 bits per heavy atom. The Morgan fingerprint density at radius 3 is 2.46 bits per heavy atom. The molecule has 1 aliphatic heterocycles. The van der Waals surface area contributed by atoms with Crippen LogP contribution in [0.5, 0.6) is 0 Å². The van der Waals surface area contributed by atoms with E-state index >= 15 is 0 Å². The number of ketones is 1. The highest BCUT2D eigenvalue weighted by molar-refractivity contribution is 6.05. The molecule has 28 heavy (non-hydrogen) atoms. The van der Waals surface area contributed by atoms with Gasteiger partial charge in [0, 0.05) is 41.8 Å². The van der Waals surface area contributed by atoms with Crippen LogP contribution in [0.4, 0.5) is 5.69 Å². The molecular weight excluding hydrogens is 346 g/mol. The van der Waals surface area contributed by atoms with Crippen LogP contribution < -0.4 is 10.7 Å². The molecule has 1 heterocycles. The van der Waals surface area contributed by atoms with Crippen molar-refractivity contribution in [2.45, 2.75) is 39.5 Å². The topological polar surface area (TPSA) is 53.5 Å². The second-order valence-corrected chi connectivity index (χ2v) is 8.28. The molecule has 2 aromatic rings. The minimum absolute atomic E-state index is 0.0378. The molecule has 0 aromatic heterocycles. The molecule has 0 radical (unpaired) electrons. The zero-order chi connectivity index (χ0) is 19.6. The summed E-state index contributed by atoms with van der Waals surface area (Å²) in [5, 5.41) is 7.99. The Morgan fingerprint density at radius 2 is 1.79 bits per heavy atom. The zero-order valence-corrected chi connectivity index (χ0v) is 16.6. The van der Waals surface area contributed by atoms with Crippen molar-refractivity contribution in [2.24, 2.45) is 10.5 Å². The summed E-state index contributed by atoms with van der Waals surface area (Å²) < 4.78 is 0. The zero-order valence-electron chi connectivity index (χ0n) is 16.6. The van der Waals surface area contributed by atoms with Crippen LogP contribution in [-0.4, -0.2) is 18.0 Å². The van der Waals surface area contributed by atoms with E-state index in [0.717, 1.165) is 47.6 Å². The predicted molar refractivity (Wildman–Crippen MR) is 114 cm³/mol. The first-order chi connectivity index (χ1) is 13.5. The van der Waals surface area contributed by atoms with Crippen molar-refractivity contribution in [1.29, 1.82) is 0 Å². The lowest BCUT2D eigenvalue weighted by Crippen LogP contribution is -2.26. The molecule has 144 valence electrons. The maximum atomic E-state index is 12.6. The van der Waals surface area contributed by atoms with Gasteiger partial charge in [-0.05, 0) is 36.1 Å². The molecule has 0 spiro atoms. The summed E-state index contributed by atoms with van der Waals surface area (Å²) in [5.41, 5.74) is 9.55. The van der Waals surface area contributed by atoms with E-state index in [4.69, 9.17) is 0 Å². The molecule has 4 rings (SSSR count). The smallest absolute Gasteiger partial charge is 0.160 e. The summed E-state index contributed by atoms with van der Waals surface area (Å²) in [7, 11) is 0. The van der Waals surface area contributed by atoms with Crippen LogP contribution in [0.1, 0.15) is 44.2 Å². The third-order valence-corrected chi connectivity index (χ3v) is 5.56. The third-order valence-electron chi connectivity index (χ3n) is 5.56. The SMILES string of the molecule is CC1(C)CNN=C1c1ccc(NC2=C(Cc3ccccc3)C(=O)CCC2)cc1. The largest absolute Gasteiger partial charge is 0.359 e. The predicted octanol–water partition coefficient (Wildman–Crippen LogP) is 4.68. The number of carbonyl (C=O) groups is 1. The number of nitrogens with zero attached hydrogens (tertiary/aromatic N) is 1. The normalized spacial score (nSPS) is 18.6. The lowest BCUT2D eigenvalue weighted by Gasteiger charge is -2.22. The number of anilines is 1. The Balaban J connectivity index is 1.56. The van der Waals surface area contributed by atoms with Gasteiger partial charge in [0.25, 0.3) is 0 Å². The van der Waals surface area contributed by atoms with E-state index in [2.05, 4.69) is 66.1 Å². The van der Waals surface area contributed by atoms with Gasteiger partial charge in [-0.15, -0.1) is 0 Å². The average molecular weight is 374 g/mol. The summed E-state index contributed by atoms with van der Waals surface area (Å²) in [5.74, 6) is 0.266. The van der Waals surface area contributed by atoms with Crippen LogP contribution in [0.15, 0.2) is 71.0 Å². The van der Waals surface area contributed by atoms with E-state index in [9.17, 15) is 4.79 Å². The fourth-order valence-electron chi connectivity index (χ4n) is 3.93. The van der Waals surface area contributed by atoms with Gasteiger partial charge in [0.15, 0.2) is 5.78 Å². The number of nitrogens with one attached hydrogen (secondary N) is 2. The molecule has 0 bridgehead atoms. The van der Waals surface area contributed by atoms with Gasteiger partial charge < -0.3 is 10.7 Å².